The van der Waals surface area contributed by atoms with Crippen LogP contribution < -0.4 is 10.5 Å². The molecule has 0 saturated carbocycles. The van der Waals surface area contributed by atoms with Crippen molar-refractivity contribution < 1.29 is 4.74 Å². The Balaban J connectivity index is 2.30. The van der Waals surface area contributed by atoms with Gasteiger partial charge in [0, 0.05) is 10.7 Å². The van der Waals surface area contributed by atoms with Crippen LogP contribution in [0.4, 0.5) is 0 Å². The average Bonchev–Trinajstić information content (AvgIpc) is 2.32. The van der Waals surface area contributed by atoms with Gasteiger partial charge < -0.3 is 10.5 Å². The summed E-state index contributed by atoms with van der Waals surface area (Å²) >= 11 is 8.31. The largest absolute Gasteiger partial charge is 0.455 e. The molecular weight excluding hydrogens is 300 g/mol. The van der Waals surface area contributed by atoms with E-state index in [1.165, 1.54) is 0 Å². The summed E-state index contributed by atoms with van der Waals surface area (Å²) in [5.74, 6) is 1.26. The van der Waals surface area contributed by atoms with E-state index >= 15 is 0 Å². The zero-order valence-electron chi connectivity index (χ0n) is 8.76. The highest BCUT2D eigenvalue weighted by Gasteiger charge is 2.07. The molecule has 0 aliphatic rings. The standard InChI is InChI=1S/C12H9BrN2OS/c13-8-1-3-9(4-2-8)16-11-7-15-6-5-10(11)12(14)17/h1-7H,(H2,14,17). The van der Waals surface area contributed by atoms with Crippen molar-refractivity contribution in [2.45, 2.75) is 0 Å². The fourth-order valence-electron chi connectivity index (χ4n) is 1.29. The van der Waals surface area contributed by atoms with E-state index in [1.54, 1.807) is 18.5 Å². The fourth-order valence-corrected chi connectivity index (χ4v) is 1.73. The molecule has 1 aromatic carbocycles. The minimum Gasteiger partial charge on any atom is -0.455 e. The van der Waals surface area contributed by atoms with Crippen molar-refractivity contribution in [2.75, 3.05) is 0 Å². The SMILES string of the molecule is NC(=S)c1ccncc1Oc1ccc(Br)cc1. The Labute approximate surface area is 113 Å². The van der Waals surface area contributed by atoms with Gasteiger partial charge in [-0.25, -0.2) is 0 Å². The van der Waals surface area contributed by atoms with Gasteiger partial charge in [-0.05, 0) is 30.3 Å². The molecule has 0 spiro atoms. The van der Waals surface area contributed by atoms with Gasteiger partial charge in [0.25, 0.3) is 0 Å². The quantitative estimate of drug-likeness (QED) is 0.884. The Kier molecular flexibility index (Phi) is 3.71. The summed E-state index contributed by atoms with van der Waals surface area (Å²) in [6.07, 6.45) is 3.22. The molecular formula is C12H9BrN2OS. The Morgan fingerprint density at radius 1 is 1.24 bits per heavy atom. The fraction of sp³-hybridized carbons (Fsp3) is 0. The van der Waals surface area contributed by atoms with E-state index in [1.807, 2.05) is 24.3 Å². The number of thiocarbonyl (C=S) groups is 1. The number of nitrogens with two attached hydrogens (primary N) is 1. The highest BCUT2D eigenvalue weighted by molar-refractivity contribution is 9.10. The molecule has 17 heavy (non-hydrogen) atoms. The van der Waals surface area contributed by atoms with Crippen molar-refractivity contribution in [3.05, 3.63) is 52.8 Å². The van der Waals surface area contributed by atoms with E-state index < -0.39 is 0 Å². The topological polar surface area (TPSA) is 48.1 Å². The van der Waals surface area contributed by atoms with Crippen molar-refractivity contribution in [3.63, 3.8) is 0 Å². The lowest BCUT2D eigenvalue weighted by Crippen LogP contribution is -2.10. The number of hydrogen-bond acceptors (Lipinski definition) is 3. The molecule has 86 valence electrons. The zero-order valence-corrected chi connectivity index (χ0v) is 11.2. The van der Waals surface area contributed by atoms with Crippen LogP contribution in [0.2, 0.25) is 0 Å². The summed E-state index contributed by atoms with van der Waals surface area (Å²) < 4.78 is 6.67. The van der Waals surface area contributed by atoms with Gasteiger partial charge >= 0.3 is 0 Å². The lowest BCUT2D eigenvalue weighted by Gasteiger charge is -2.09. The molecule has 0 unspecified atom stereocenters. The molecule has 0 bridgehead atoms. The van der Waals surface area contributed by atoms with Gasteiger partial charge in [-0.15, -0.1) is 0 Å². The van der Waals surface area contributed by atoms with Crippen molar-refractivity contribution in [3.8, 4) is 11.5 Å². The lowest BCUT2D eigenvalue weighted by molar-refractivity contribution is 0.479. The van der Waals surface area contributed by atoms with Gasteiger partial charge in [0.05, 0.1) is 11.8 Å². The molecule has 2 aromatic rings. The van der Waals surface area contributed by atoms with Gasteiger partial charge in [-0.3, -0.25) is 4.98 Å². The maximum Gasteiger partial charge on any atom is 0.155 e. The third kappa shape index (κ3) is 3.01. The Morgan fingerprint density at radius 3 is 2.59 bits per heavy atom. The molecule has 0 saturated heterocycles. The highest BCUT2D eigenvalue weighted by atomic mass is 79.9. The molecule has 0 aliphatic heterocycles. The first-order valence-corrected chi connectivity index (χ1v) is 6.04. The van der Waals surface area contributed by atoms with Crippen molar-refractivity contribution in [1.29, 1.82) is 0 Å². The molecule has 0 atom stereocenters. The maximum atomic E-state index is 5.67. The van der Waals surface area contributed by atoms with Crippen LogP contribution in [0, 0.1) is 0 Å². The highest BCUT2D eigenvalue weighted by Crippen LogP contribution is 2.25. The number of rotatable bonds is 3. The Bertz CT molecular complexity index is 542. The number of pyridine rings is 1. The van der Waals surface area contributed by atoms with Crippen LogP contribution >= 0.6 is 28.1 Å². The number of aromatic nitrogens is 1. The third-order valence-electron chi connectivity index (χ3n) is 2.09. The van der Waals surface area contributed by atoms with Gasteiger partial charge in [0.1, 0.15) is 10.7 Å². The molecule has 1 heterocycles. The van der Waals surface area contributed by atoms with Crippen LogP contribution in [0.1, 0.15) is 5.56 Å². The second-order valence-corrected chi connectivity index (χ2v) is 4.65. The zero-order chi connectivity index (χ0) is 12.3. The minimum absolute atomic E-state index is 0.291. The van der Waals surface area contributed by atoms with E-state index in [2.05, 4.69) is 20.9 Å². The summed E-state index contributed by atoms with van der Waals surface area (Å²) in [6.45, 7) is 0. The van der Waals surface area contributed by atoms with Crippen LogP contribution in [-0.4, -0.2) is 9.97 Å². The Morgan fingerprint density at radius 2 is 1.94 bits per heavy atom. The van der Waals surface area contributed by atoms with Crippen LogP contribution in [0.15, 0.2) is 47.2 Å². The first-order chi connectivity index (χ1) is 8.16. The third-order valence-corrected chi connectivity index (χ3v) is 2.84. The number of hydrogen-bond donors (Lipinski definition) is 1. The predicted octanol–water partition coefficient (Wildman–Crippen LogP) is 3.27. The normalized spacial score (nSPS) is 9.94. The van der Waals surface area contributed by atoms with Crippen molar-refractivity contribution in [1.82, 2.24) is 4.98 Å². The number of benzene rings is 1. The van der Waals surface area contributed by atoms with Gasteiger partial charge in [0.15, 0.2) is 5.75 Å². The number of ether oxygens (including phenoxy) is 1. The van der Waals surface area contributed by atoms with Crippen LogP contribution in [-0.2, 0) is 0 Å². The average molecular weight is 309 g/mol. The Hall–Kier alpha value is -1.46. The maximum absolute atomic E-state index is 5.67. The van der Waals surface area contributed by atoms with E-state index in [0.29, 0.717) is 22.1 Å². The van der Waals surface area contributed by atoms with Crippen molar-refractivity contribution >= 4 is 33.1 Å². The molecule has 0 aliphatic carbocycles. The van der Waals surface area contributed by atoms with Crippen LogP contribution in [0.5, 0.6) is 11.5 Å². The molecule has 5 heteroatoms. The number of nitrogens with zero attached hydrogens (tertiary/aromatic N) is 1. The minimum atomic E-state index is 0.291. The van der Waals surface area contributed by atoms with E-state index in [4.69, 9.17) is 22.7 Å². The predicted molar refractivity (Wildman–Crippen MR) is 74.3 cm³/mol. The summed E-state index contributed by atoms with van der Waals surface area (Å²) in [4.78, 5) is 4.28. The molecule has 2 rings (SSSR count). The molecule has 0 radical (unpaired) electrons. The monoisotopic (exact) mass is 308 g/mol. The smallest absolute Gasteiger partial charge is 0.155 e. The second kappa shape index (κ2) is 5.25. The van der Waals surface area contributed by atoms with Crippen LogP contribution in [0.25, 0.3) is 0 Å². The van der Waals surface area contributed by atoms with E-state index in [0.717, 1.165) is 4.47 Å². The summed E-state index contributed by atoms with van der Waals surface area (Å²) in [6, 6.07) is 9.22. The lowest BCUT2D eigenvalue weighted by atomic mass is 10.2. The number of halogens is 1. The van der Waals surface area contributed by atoms with E-state index in [-0.39, 0.29) is 0 Å². The summed E-state index contributed by atoms with van der Waals surface area (Å²) in [5, 5.41) is 0. The molecule has 0 amide bonds. The first kappa shape index (κ1) is 12.0. The molecule has 1 aromatic heterocycles. The van der Waals surface area contributed by atoms with E-state index in [9.17, 15) is 0 Å². The second-order valence-electron chi connectivity index (χ2n) is 3.29. The van der Waals surface area contributed by atoms with Crippen molar-refractivity contribution in [2.24, 2.45) is 5.73 Å². The van der Waals surface area contributed by atoms with Gasteiger partial charge in [0.2, 0.25) is 0 Å². The first-order valence-electron chi connectivity index (χ1n) is 4.84. The summed E-state index contributed by atoms with van der Waals surface area (Å²) in [5.41, 5.74) is 6.29. The molecule has 3 nitrogen and oxygen atoms in total. The summed E-state index contributed by atoms with van der Waals surface area (Å²) in [7, 11) is 0. The van der Waals surface area contributed by atoms with Gasteiger partial charge in [-0.1, -0.05) is 28.1 Å². The van der Waals surface area contributed by atoms with Gasteiger partial charge in [-0.2, -0.15) is 0 Å². The van der Waals surface area contributed by atoms with Crippen LogP contribution in [0.3, 0.4) is 0 Å². The molecule has 2 N–H and O–H groups in total. The molecule has 0 fully saturated rings.